The zero-order valence-electron chi connectivity index (χ0n) is 17.5. The molecule has 10 heteroatoms. The largest absolute Gasteiger partial charge is 0.367 e. The van der Waals surface area contributed by atoms with Crippen molar-refractivity contribution in [3.8, 4) is 0 Å². The van der Waals surface area contributed by atoms with E-state index in [4.69, 9.17) is 5.84 Å². The molecule has 0 bridgehead atoms. The van der Waals surface area contributed by atoms with Gasteiger partial charge in [-0.15, -0.1) is 11.8 Å². The number of nitrogens with one attached hydrogen (secondary N) is 2. The highest BCUT2D eigenvalue weighted by Crippen LogP contribution is 2.37. The minimum Gasteiger partial charge on any atom is -0.367 e. The van der Waals surface area contributed by atoms with E-state index in [9.17, 15) is 9.59 Å². The van der Waals surface area contributed by atoms with E-state index >= 15 is 0 Å². The number of anilines is 2. The van der Waals surface area contributed by atoms with Gasteiger partial charge in [-0.3, -0.25) is 19.6 Å². The molecule has 4 rings (SSSR count). The highest BCUT2D eigenvalue weighted by Gasteiger charge is 2.31. The number of likely N-dealkylation sites (N-methyl/N-ethyl adjacent to an activating group) is 1. The highest BCUT2D eigenvalue weighted by molar-refractivity contribution is 7.99. The molecule has 1 atom stereocenters. The van der Waals surface area contributed by atoms with Gasteiger partial charge in [0.1, 0.15) is 6.04 Å². The summed E-state index contributed by atoms with van der Waals surface area (Å²) in [6.07, 6.45) is 4.72. The van der Waals surface area contributed by atoms with E-state index in [0.29, 0.717) is 5.75 Å². The molecule has 4 N–H and O–H groups in total. The predicted octanol–water partition coefficient (Wildman–Crippen LogP) is 0.689. The van der Waals surface area contributed by atoms with Gasteiger partial charge >= 0.3 is 0 Å². The van der Waals surface area contributed by atoms with E-state index < -0.39 is 11.9 Å². The Bertz CT molecular complexity index is 1040. The summed E-state index contributed by atoms with van der Waals surface area (Å²) in [5, 5.41) is 2.72. The first-order chi connectivity index (χ1) is 15.0. The number of aromatic nitrogens is 1. The number of rotatable bonds is 2. The minimum atomic E-state index is -0.684. The van der Waals surface area contributed by atoms with Crippen molar-refractivity contribution in [3.05, 3.63) is 47.8 Å². The first-order valence-electron chi connectivity index (χ1n) is 9.97. The van der Waals surface area contributed by atoms with Crippen molar-refractivity contribution in [2.45, 2.75) is 23.9 Å². The maximum absolute atomic E-state index is 13.1. The SMILES string of the molecule is CN=C(NN)C(=O)N[C@H]1CSc2ccc(N3CCc4ccncc4C3)cc2N(C)C1=O. The Kier molecular flexibility index (Phi) is 6.10. The standard InChI is InChI=1S/C21H25N7O2S/c1-23-19(26-22)20(29)25-16-12-31-18-4-3-15(9-17(18)27(2)21(16)30)28-8-6-13-5-7-24-10-14(13)11-28/h3-5,7,9-10,16H,6,8,11-12,22H2,1-2H3,(H,23,26)(H,25,29)/t16-/m0/s1. The lowest BCUT2D eigenvalue weighted by Gasteiger charge is -2.31. The second-order valence-electron chi connectivity index (χ2n) is 7.42. The molecule has 31 heavy (non-hydrogen) atoms. The first-order valence-corrected chi connectivity index (χ1v) is 11.0. The fraction of sp³-hybridized carbons (Fsp3) is 0.333. The quantitative estimate of drug-likeness (QED) is 0.273. The number of carbonyl (C=O) groups excluding carboxylic acids is 2. The molecule has 9 nitrogen and oxygen atoms in total. The van der Waals surface area contributed by atoms with Gasteiger partial charge in [-0.25, -0.2) is 5.84 Å². The second-order valence-corrected chi connectivity index (χ2v) is 8.48. The minimum absolute atomic E-state index is 0.0237. The number of pyridine rings is 1. The molecule has 0 fully saturated rings. The lowest BCUT2D eigenvalue weighted by molar-refractivity contribution is -0.123. The van der Waals surface area contributed by atoms with Crippen molar-refractivity contribution < 1.29 is 9.59 Å². The van der Waals surface area contributed by atoms with E-state index in [-0.39, 0.29) is 11.7 Å². The maximum Gasteiger partial charge on any atom is 0.288 e. The summed E-state index contributed by atoms with van der Waals surface area (Å²) in [6.45, 7) is 1.70. The van der Waals surface area contributed by atoms with Gasteiger partial charge in [0.25, 0.3) is 5.91 Å². The smallest absolute Gasteiger partial charge is 0.288 e. The molecule has 2 aliphatic heterocycles. The third-order valence-electron chi connectivity index (χ3n) is 5.60. The molecule has 0 radical (unpaired) electrons. The summed E-state index contributed by atoms with van der Waals surface area (Å²) in [4.78, 5) is 38.3. The third kappa shape index (κ3) is 4.21. The molecular formula is C21H25N7O2S. The van der Waals surface area contributed by atoms with E-state index in [1.165, 1.54) is 18.2 Å². The number of amides is 2. The van der Waals surface area contributed by atoms with Gasteiger partial charge in [0, 0.05) is 55.9 Å². The Labute approximate surface area is 185 Å². The normalized spacial score (nSPS) is 18.7. The molecule has 1 aromatic heterocycles. The number of nitrogens with two attached hydrogens (primary N) is 1. The number of amidine groups is 1. The first kappa shape index (κ1) is 21.1. The molecule has 0 saturated heterocycles. The van der Waals surface area contributed by atoms with Gasteiger partial charge in [-0.2, -0.15) is 0 Å². The van der Waals surface area contributed by atoms with Crippen LogP contribution in [0, 0.1) is 0 Å². The zero-order chi connectivity index (χ0) is 22.0. The van der Waals surface area contributed by atoms with E-state index in [0.717, 1.165) is 35.8 Å². The monoisotopic (exact) mass is 439 g/mol. The van der Waals surface area contributed by atoms with Crippen LogP contribution >= 0.6 is 11.8 Å². The Morgan fingerprint density at radius 2 is 2.16 bits per heavy atom. The van der Waals surface area contributed by atoms with Crippen LogP contribution in [0.1, 0.15) is 11.1 Å². The third-order valence-corrected chi connectivity index (χ3v) is 6.76. The summed E-state index contributed by atoms with van der Waals surface area (Å²) in [5.41, 5.74) is 6.71. The Morgan fingerprint density at radius 1 is 1.32 bits per heavy atom. The molecule has 0 spiro atoms. The van der Waals surface area contributed by atoms with E-state index in [1.54, 1.807) is 23.7 Å². The molecule has 0 unspecified atom stereocenters. The van der Waals surface area contributed by atoms with E-state index in [1.807, 2.05) is 24.5 Å². The second kappa shape index (κ2) is 8.94. The van der Waals surface area contributed by atoms with Crippen LogP contribution in [0.5, 0.6) is 0 Å². The summed E-state index contributed by atoms with van der Waals surface area (Å²) in [5.74, 6) is 5.02. The topological polar surface area (TPSA) is 116 Å². The number of thioether (sulfide) groups is 1. The number of hydrazine groups is 1. The fourth-order valence-corrected chi connectivity index (χ4v) is 4.93. The van der Waals surface area contributed by atoms with Crippen molar-refractivity contribution >= 4 is 40.8 Å². The van der Waals surface area contributed by atoms with Crippen LogP contribution in [0.15, 0.2) is 46.5 Å². The van der Waals surface area contributed by atoms with Gasteiger partial charge in [0.15, 0.2) is 0 Å². The maximum atomic E-state index is 13.1. The van der Waals surface area contributed by atoms with Crippen LogP contribution in [-0.4, -0.2) is 55.1 Å². The van der Waals surface area contributed by atoms with Crippen LogP contribution in [0.3, 0.4) is 0 Å². The van der Waals surface area contributed by atoms with Crippen LogP contribution in [0.25, 0.3) is 0 Å². The van der Waals surface area contributed by atoms with Gasteiger partial charge < -0.3 is 20.5 Å². The van der Waals surface area contributed by atoms with Crippen molar-refractivity contribution in [1.29, 1.82) is 0 Å². The highest BCUT2D eigenvalue weighted by atomic mass is 32.2. The number of hydrogen-bond acceptors (Lipinski definition) is 7. The molecular weight excluding hydrogens is 414 g/mol. The van der Waals surface area contributed by atoms with Crippen LogP contribution < -0.4 is 26.4 Å². The molecule has 2 aliphatic rings. The van der Waals surface area contributed by atoms with Crippen molar-refractivity contribution in [2.75, 3.05) is 36.2 Å². The molecule has 1 aromatic carbocycles. The molecule has 0 saturated carbocycles. The van der Waals surface area contributed by atoms with Gasteiger partial charge in [0.05, 0.1) is 5.69 Å². The average Bonchev–Trinajstić information content (AvgIpc) is 2.91. The summed E-state index contributed by atoms with van der Waals surface area (Å²) in [6, 6.07) is 7.58. The van der Waals surface area contributed by atoms with Crippen molar-refractivity contribution in [2.24, 2.45) is 10.8 Å². The Balaban J connectivity index is 1.54. The van der Waals surface area contributed by atoms with Crippen molar-refractivity contribution in [3.63, 3.8) is 0 Å². The van der Waals surface area contributed by atoms with Gasteiger partial charge in [0.2, 0.25) is 11.7 Å². The average molecular weight is 440 g/mol. The molecule has 2 aromatic rings. The van der Waals surface area contributed by atoms with Crippen LogP contribution in [0.4, 0.5) is 11.4 Å². The van der Waals surface area contributed by atoms with Crippen LogP contribution in [0.2, 0.25) is 0 Å². The fourth-order valence-electron chi connectivity index (χ4n) is 3.85. The van der Waals surface area contributed by atoms with Crippen molar-refractivity contribution in [1.82, 2.24) is 15.7 Å². The lowest BCUT2D eigenvalue weighted by Crippen LogP contribution is -2.53. The lowest BCUT2D eigenvalue weighted by atomic mass is 10.0. The molecule has 2 amide bonds. The number of carbonyl (C=O) groups is 2. The Hall–Kier alpha value is -3.11. The van der Waals surface area contributed by atoms with E-state index in [2.05, 4.69) is 37.8 Å². The zero-order valence-corrected chi connectivity index (χ0v) is 18.3. The van der Waals surface area contributed by atoms with Gasteiger partial charge in [-0.1, -0.05) is 0 Å². The van der Waals surface area contributed by atoms with Gasteiger partial charge in [-0.05, 0) is 41.8 Å². The predicted molar refractivity (Wildman–Crippen MR) is 122 cm³/mol. The summed E-state index contributed by atoms with van der Waals surface area (Å²) < 4.78 is 0. The molecule has 0 aliphatic carbocycles. The molecule has 162 valence electrons. The Morgan fingerprint density at radius 3 is 2.94 bits per heavy atom. The molecule has 3 heterocycles. The number of benzene rings is 1. The number of nitrogens with zero attached hydrogens (tertiary/aromatic N) is 4. The summed E-state index contributed by atoms with van der Waals surface area (Å²) in [7, 11) is 3.19. The number of hydrogen-bond donors (Lipinski definition) is 3. The number of fused-ring (bicyclic) bond motifs is 2. The summed E-state index contributed by atoms with van der Waals surface area (Å²) >= 11 is 1.54. The van der Waals surface area contributed by atoms with Crippen LogP contribution in [-0.2, 0) is 22.6 Å². The number of aliphatic imine (C=N–C) groups is 1.